The van der Waals surface area contributed by atoms with E-state index in [4.69, 9.17) is 9.52 Å². The van der Waals surface area contributed by atoms with E-state index in [-0.39, 0.29) is 6.61 Å². The standard InChI is InChI=1S/C15H15N3O2/c1-9-7-13(18-15(16-9)5-6-19)11-3-4-12-14(8-11)20-10(2)17-12/h3-4,7-8,19H,5-6H2,1-2H3. The topological polar surface area (TPSA) is 72.0 Å². The van der Waals surface area contributed by atoms with Gasteiger partial charge < -0.3 is 9.52 Å². The van der Waals surface area contributed by atoms with Crippen LogP contribution in [0.25, 0.3) is 22.4 Å². The second-order valence-electron chi connectivity index (χ2n) is 4.70. The fourth-order valence-electron chi connectivity index (χ4n) is 2.19. The first-order chi connectivity index (χ1) is 9.65. The molecule has 5 heteroatoms. The van der Waals surface area contributed by atoms with Crippen LogP contribution in [-0.4, -0.2) is 26.7 Å². The first-order valence-electron chi connectivity index (χ1n) is 6.49. The highest BCUT2D eigenvalue weighted by Gasteiger charge is 2.08. The lowest BCUT2D eigenvalue weighted by Crippen LogP contribution is -2.01. The fraction of sp³-hybridized carbons (Fsp3) is 0.267. The lowest BCUT2D eigenvalue weighted by Gasteiger charge is -2.05. The highest BCUT2D eigenvalue weighted by atomic mass is 16.3. The normalized spacial score (nSPS) is 11.2. The van der Waals surface area contributed by atoms with Gasteiger partial charge in [-0.3, -0.25) is 0 Å². The third-order valence-electron chi connectivity index (χ3n) is 3.03. The molecule has 1 N–H and O–H groups in total. The van der Waals surface area contributed by atoms with Gasteiger partial charge in [-0.2, -0.15) is 0 Å². The van der Waals surface area contributed by atoms with Crippen molar-refractivity contribution < 1.29 is 9.52 Å². The molecule has 0 saturated carbocycles. The van der Waals surface area contributed by atoms with Crippen molar-refractivity contribution in [3.8, 4) is 11.3 Å². The van der Waals surface area contributed by atoms with Crippen LogP contribution >= 0.6 is 0 Å². The van der Waals surface area contributed by atoms with Gasteiger partial charge in [-0.1, -0.05) is 6.07 Å². The lowest BCUT2D eigenvalue weighted by atomic mass is 10.1. The average molecular weight is 269 g/mol. The Kier molecular flexibility index (Phi) is 3.20. The predicted octanol–water partition coefficient (Wildman–Crippen LogP) is 2.44. The van der Waals surface area contributed by atoms with Crippen molar-refractivity contribution in [2.24, 2.45) is 0 Å². The summed E-state index contributed by atoms with van der Waals surface area (Å²) in [6, 6.07) is 7.74. The molecule has 102 valence electrons. The van der Waals surface area contributed by atoms with E-state index in [1.54, 1.807) is 0 Å². The second kappa shape index (κ2) is 5.02. The minimum atomic E-state index is 0.0449. The van der Waals surface area contributed by atoms with Crippen LogP contribution in [0.1, 0.15) is 17.4 Å². The second-order valence-corrected chi connectivity index (χ2v) is 4.70. The summed E-state index contributed by atoms with van der Waals surface area (Å²) in [7, 11) is 0. The summed E-state index contributed by atoms with van der Waals surface area (Å²) in [4.78, 5) is 13.1. The first kappa shape index (κ1) is 12.7. The molecule has 0 atom stereocenters. The van der Waals surface area contributed by atoms with Gasteiger partial charge in [-0.15, -0.1) is 0 Å². The van der Waals surface area contributed by atoms with Gasteiger partial charge >= 0.3 is 0 Å². The van der Waals surface area contributed by atoms with Gasteiger partial charge in [-0.25, -0.2) is 15.0 Å². The Bertz CT molecular complexity index is 765. The Labute approximate surface area is 116 Å². The SMILES string of the molecule is Cc1cc(-c2ccc3nc(C)oc3c2)nc(CCO)n1. The number of rotatable bonds is 3. The molecule has 5 nitrogen and oxygen atoms in total. The molecule has 0 aliphatic carbocycles. The Hall–Kier alpha value is -2.27. The molecule has 3 rings (SSSR count). The van der Waals surface area contributed by atoms with E-state index in [1.165, 1.54) is 0 Å². The van der Waals surface area contributed by atoms with Crippen molar-refractivity contribution >= 4 is 11.1 Å². The quantitative estimate of drug-likeness (QED) is 0.790. The van der Waals surface area contributed by atoms with Gasteiger partial charge in [0.1, 0.15) is 11.3 Å². The van der Waals surface area contributed by atoms with Crippen molar-refractivity contribution in [3.05, 3.63) is 41.7 Å². The predicted molar refractivity (Wildman–Crippen MR) is 75.3 cm³/mol. The molecule has 2 aromatic heterocycles. The van der Waals surface area contributed by atoms with Crippen LogP contribution in [0.15, 0.2) is 28.7 Å². The Balaban J connectivity index is 2.09. The van der Waals surface area contributed by atoms with E-state index < -0.39 is 0 Å². The fourth-order valence-corrected chi connectivity index (χ4v) is 2.19. The third kappa shape index (κ3) is 2.40. The van der Waals surface area contributed by atoms with Crippen LogP contribution in [0.2, 0.25) is 0 Å². The number of hydrogen-bond donors (Lipinski definition) is 1. The van der Waals surface area contributed by atoms with Gasteiger partial charge in [0, 0.05) is 24.6 Å². The lowest BCUT2D eigenvalue weighted by molar-refractivity contribution is 0.296. The van der Waals surface area contributed by atoms with Crippen LogP contribution in [0, 0.1) is 13.8 Å². The molecule has 0 spiro atoms. The van der Waals surface area contributed by atoms with Gasteiger partial charge in [0.25, 0.3) is 0 Å². The number of aliphatic hydroxyl groups excluding tert-OH is 1. The molecule has 0 saturated heterocycles. The van der Waals surface area contributed by atoms with E-state index in [9.17, 15) is 0 Å². The Morgan fingerprint density at radius 2 is 1.95 bits per heavy atom. The number of aryl methyl sites for hydroxylation is 2. The molecular weight excluding hydrogens is 254 g/mol. The largest absolute Gasteiger partial charge is 0.441 e. The van der Waals surface area contributed by atoms with Gasteiger partial charge in [0.15, 0.2) is 11.5 Å². The minimum Gasteiger partial charge on any atom is -0.441 e. The summed E-state index contributed by atoms with van der Waals surface area (Å²) in [5, 5.41) is 9.01. The molecule has 1 aromatic carbocycles. The molecule has 0 fully saturated rings. The van der Waals surface area contributed by atoms with E-state index in [0.717, 1.165) is 28.1 Å². The number of hydrogen-bond acceptors (Lipinski definition) is 5. The number of benzene rings is 1. The van der Waals surface area contributed by atoms with Crippen LogP contribution in [0.5, 0.6) is 0 Å². The van der Waals surface area contributed by atoms with Crippen molar-refractivity contribution in [3.63, 3.8) is 0 Å². The number of oxazole rings is 1. The maximum atomic E-state index is 9.01. The summed E-state index contributed by atoms with van der Waals surface area (Å²) in [6.45, 7) is 3.79. The zero-order valence-corrected chi connectivity index (χ0v) is 11.4. The molecule has 2 heterocycles. The molecule has 0 aliphatic rings. The maximum Gasteiger partial charge on any atom is 0.192 e. The minimum absolute atomic E-state index is 0.0449. The first-order valence-corrected chi connectivity index (χ1v) is 6.49. The zero-order chi connectivity index (χ0) is 14.1. The molecule has 3 aromatic rings. The summed E-state index contributed by atoms with van der Waals surface area (Å²) in [5.74, 6) is 1.30. The number of nitrogens with zero attached hydrogens (tertiary/aromatic N) is 3. The van der Waals surface area contributed by atoms with Crippen LogP contribution in [-0.2, 0) is 6.42 Å². The Morgan fingerprint density at radius 3 is 2.75 bits per heavy atom. The Morgan fingerprint density at radius 1 is 1.10 bits per heavy atom. The van der Waals surface area contributed by atoms with Crippen LogP contribution in [0.3, 0.4) is 0 Å². The molecule has 0 radical (unpaired) electrons. The third-order valence-corrected chi connectivity index (χ3v) is 3.03. The van der Waals surface area contributed by atoms with Gasteiger partial charge in [-0.05, 0) is 25.1 Å². The molecule has 0 bridgehead atoms. The highest BCUT2D eigenvalue weighted by Crippen LogP contribution is 2.24. The monoisotopic (exact) mass is 269 g/mol. The zero-order valence-electron chi connectivity index (χ0n) is 11.4. The van der Waals surface area contributed by atoms with E-state index in [2.05, 4.69) is 15.0 Å². The number of fused-ring (bicyclic) bond motifs is 1. The molecule has 20 heavy (non-hydrogen) atoms. The molecule has 0 unspecified atom stereocenters. The molecule has 0 aliphatic heterocycles. The van der Waals surface area contributed by atoms with Crippen LogP contribution < -0.4 is 0 Å². The van der Waals surface area contributed by atoms with Gasteiger partial charge in [0.05, 0.1) is 12.3 Å². The van der Waals surface area contributed by atoms with Crippen molar-refractivity contribution in [2.75, 3.05) is 6.61 Å². The summed E-state index contributed by atoms with van der Waals surface area (Å²) in [6.07, 6.45) is 0.457. The highest BCUT2D eigenvalue weighted by molar-refractivity contribution is 5.79. The van der Waals surface area contributed by atoms with Crippen molar-refractivity contribution in [1.82, 2.24) is 15.0 Å². The van der Waals surface area contributed by atoms with Crippen molar-refractivity contribution in [2.45, 2.75) is 20.3 Å². The number of aliphatic hydroxyl groups is 1. The van der Waals surface area contributed by atoms with Crippen molar-refractivity contribution in [1.29, 1.82) is 0 Å². The smallest absolute Gasteiger partial charge is 0.192 e. The van der Waals surface area contributed by atoms with E-state index >= 15 is 0 Å². The number of aromatic nitrogens is 3. The summed E-state index contributed by atoms with van der Waals surface area (Å²) in [5.41, 5.74) is 4.26. The average Bonchev–Trinajstić information content (AvgIpc) is 2.77. The van der Waals surface area contributed by atoms with Crippen LogP contribution in [0.4, 0.5) is 0 Å². The van der Waals surface area contributed by atoms with E-state index in [0.29, 0.717) is 18.1 Å². The van der Waals surface area contributed by atoms with Gasteiger partial charge in [0.2, 0.25) is 0 Å². The molecular formula is C15H15N3O2. The summed E-state index contributed by atoms with van der Waals surface area (Å²) < 4.78 is 5.54. The molecule has 0 amide bonds. The van der Waals surface area contributed by atoms with E-state index in [1.807, 2.05) is 38.1 Å². The summed E-state index contributed by atoms with van der Waals surface area (Å²) >= 11 is 0. The maximum absolute atomic E-state index is 9.01.